The van der Waals surface area contributed by atoms with Crippen LogP contribution < -0.4 is 0 Å². The summed E-state index contributed by atoms with van der Waals surface area (Å²) >= 11 is 1.11. The third-order valence-corrected chi connectivity index (χ3v) is 4.60. The van der Waals surface area contributed by atoms with E-state index in [9.17, 15) is 18.0 Å². The van der Waals surface area contributed by atoms with E-state index in [2.05, 4.69) is 0 Å². The fourth-order valence-electron chi connectivity index (χ4n) is 2.28. The standard InChI is InChI=1S/C18H17F3OS/c1-12(2)14-5-3-4-6-16(14)23-17-8-7-13(9-10-22)11-15(17)18(19,20)21/h3-8,10-12H,9H2,1-2H3. The van der Waals surface area contributed by atoms with Crippen molar-refractivity contribution in [2.24, 2.45) is 0 Å². The highest BCUT2D eigenvalue weighted by Gasteiger charge is 2.34. The van der Waals surface area contributed by atoms with E-state index < -0.39 is 11.7 Å². The van der Waals surface area contributed by atoms with Gasteiger partial charge in [0.15, 0.2) is 0 Å². The predicted octanol–water partition coefficient (Wildman–Crippen LogP) is 5.72. The van der Waals surface area contributed by atoms with E-state index in [1.54, 1.807) is 6.07 Å². The Kier molecular flexibility index (Phi) is 5.52. The van der Waals surface area contributed by atoms with E-state index in [0.29, 0.717) is 11.8 Å². The van der Waals surface area contributed by atoms with E-state index in [1.807, 2.05) is 38.1 Å². The molecule has 0 heterocycles. The van der Waals surface area contributed by atoms with Gasteiger partial charge in [-0.05, 0) is 35.2 Å². The van der Waals surface area contributed by atoms with Crippen molar-refractivity contribution in [2.45, 2.75) is 42.2 Å². The van der Waals surface area contributed by atoms with Gasteiger partial charge in [0, 0.05) is 16.2 Å². The van der Waals surface area contributed by atoms with Gasteiger partial charge in [0.25, 0.3) is 0 Å². The van der Waals surface area contributed by atoms with Gasteiger partial charge < -0.3 is 4.79 Å². The molecule has 2 rings (SSSR count). The summed E-state index contributed by atoms with van der Waals surface area (Å²) in [7, 11) is 0. The van der Waals surface area contributed by atoms with Gasteiger partial charge in [0.05, 0.1) is 5.56 Å². The molecule has 0 aliphatic carbocycles. The molecule has 0 aliphatic heterocycles. The molecule has 5 heteroatoms. The normalized spacial score (nSPS) is 11.7. The lowest BCUT2D eigenvalue weighted by Gasteiger charge is -2.16. The zero-order valence-electron chi connectivity index (χ0n) is 12.9. The molecule has 0 aliphatic rings. The number of carbonyl (C=O) groups excluding carboxylic acids is 1. The van der Waals surface area contributed by atoms with Crippen LogP contribution >= 0.6 is 11.8 Å². The minimum absolute atomic E-state index is 0.0173. The summed E-state index contributed by atoms with van der Waals surface area (Å²) in [5.74, 6) is 0.224. The Morgan fingerprint density at radius 3 is 2.39 bits per heavy atom. The SMILES string of the molecule is CC(C)c1ccccc1Sc1ccc(CC=O)cc1C(F)(F)F. The second-order valence-corrected chi connectivity index (χ2v) is 6.58. The summed E-state index contributed by atoms with van der Waals surface area (Å²) in [6, 6.07) is 11.6. The minimum atomic E-state index is -4.45. The molecule has 0 N–H and O–H groups in total. The Labute approximate surface area is 137 Å². The zero-order valence-corrected chi connectivity index (χ0v) is 13.7. The van der Waals surface area contributed by atoms with Crippen molar-refractivity contribution in [1.82, 2.24) is 0 Å². The number of carbonyl (C=O) groups is 1. The van der Waals surface area contributed by atoms with Crippen LogP contribution in [-0.4, -0.2) is 6.29 Å². The van der Waals surface area contributed by atoms with Crippen LogP contribution in [0.5, 0.6) is 0 Å². The van der Waals surface area contributed by atoms with Crippen LogP contribution in [0.25, 0.3) is 0 Å². The van der Waals surface area contributed by atoms with Gasteiger partial charge in [-0.25, -0.2) is 0 Å². The van der Waals surface area contributed by atoms with Crippen molar-refractivity contribution in [3.63, 3.8) is 0 Å². The number of hydrogen-bond acceptors (Lipinski definition) is 2. The third kappa shape index (κ3) is 4.38. The van der Waals surface area contributed by atoms with Gasteiger partial charge in [-0.15, -0.1) is 0 Å². The maximum Gasteiger partial charge on any atom is 0.417 e. The van der Waals surface area contributed by atoms with Gasteiger partial charge in [0.1, 0.15) is 6.29 Å². The largest absolute Gasteiger partial charge is 0.417 e. The highest BCUT2D eigenvalue weighted by molar-refractivity contribution is 7.99. The van der Waals surface area contributed by atoms with Crippen LogP contribution in [-0.2, 0) is 17.4 Å². The molecule has 0 aromatic heterocycles. The summed E-state index contributed by atoms with van der Waals surface area (Å²) in [5, 5.41) is 0. The fraction of sp³-hybridized carbons (Fsp3) is 0.278. The van der Waals surface area contributed by atoms with Gasteiger partial charge in [-0.2, -0.15) is 13.2 Å². The van der Waals surface area contributed by atoms with Crippen LogP contribution in [0.2, 0.25) is 0 Å². The lowest BCUT2D eigenvalue weighted by molar-refractivity contribution is -0.139. The first-order chi connectivity index (χ1) is 10.8. The van der Waals surface area contributed by atoms with Gasteiger partial charge in [0.2, 0.25) is 0 Å². The van der Waals surface area contributed by atoms with E-state index in [0.717, 1.165) is 28.3 Å². The van der Waals surface area contributed by atoms with E-state index in [-0.39, 0.29) is 17.2 Å². The Hall–Kier alpha value is -1.75. The average molecular weight is 338 g/mol. The summed E-state index contributed by atoms with van der Waals surface area (Å²) in [6.45, 7) is 4.02. The molecule has 0 atom stereocenters. The molecule has 0 saturated heterocycles. The highest BCUT2D eigenvalue weighted by atomic mass is 32.2. The van der Waals surface area contributed by atoms with Crippen molar-refractivity contribution < 1.29 is 18.0 Å². The molecule has 0 unspecified atom stereocenters. The van der Waals surface area contributed by atoms with Crippen molar-refractivity contribution in [3.05, 3.63) is 59.2 Å². The van der Waals surface area contributed by atoms with Crippen molar-refractivity contribution in [3.8, 4) is 0 Å². The minimum Gasteiger partial charge on any atom is -0.303 e. The molecule has 0 spiro atoms. The second-order valence-electron chi connectivity index (χ2n) is 5.49. The smallest absolute Gasteiger partial charge is 0.303 e. The summed E-state index contributed by atoms with van der Waals surface area (Å²) in [4.78, 5) is 11.5. The quantitative estimate of drug-likeness (QED) is 0.648. The fourth-order valence-corrected chi connectivity index (χ4v) is 3.51. The molecule has 2 aromatic carbocycles. The number of hydrogen-bond donors (Lipinski definition) is 0. The van der Waals surface area contributed by atoms with Gasteiger partial charge in [-0.3, -0.25) is 0 Å². The van der Waals surface area contributed by atoms with Crippen LogP contribution in [0.1, 0.15) is 36.5 Å². The topological polar surface area (TPSA) is 17.1 Å². The number of rotatable bonds is 5. The first kappa shape index (κ1) is 17.6. The predicted molar refractivity (Wildman–Crippen MR) is 85.9 cm³/mol. The van der Waals surface area contributed by atoms with Crippen LogP contribution in [0, 0.1) is 0 Å². The first-order valence-corrected chi connectivity index (χ1v) is 8.05. The lowest BCUT2D eigenvalue weighted by Crippen LogP contribution is -2.08. The Morgan fingerprint density at radius 1 is 1.09 bits per heavy atom. The number of halogens is 3. The van der Waals surface area contributed by atoms with E-state index in [1.165, 1.54) is 6.07 Å². The van der Waals surface area contributed by atoms with Crippen molar-refractivity contribution in [2.75, 3.05) is 0 Å². The molecular formula is C18H17F3OS. The van der Waals surface area contributed by atoms with Crippen LogP contribution in [0.3, 0.4) is 0 Å². The number of benzene rings is 2. The molecule has 0 bridgehead atoms. The maximum absolute atomic E-state index is 13.3. The summed E-state index contributed by atoms with van der Waals surface area (Å²) in [6.07, 6.45) is -3.86. The van der Waals surface area contributed by atoms with E-state index in [4.69, 9.17) is 0 Å². The molecule has 122 valence electrons. The molecule has 0 fully saturated rings. The molecule has 1 nitrogen and oxygen atoms in total. The second kappa shape index (κ2) is 7.21. The molecule has 0 amide bonds. The molecular weight excluding hydrogens is 321 g/mol. The average Bonchev–Trinajstić information content (AvgIpc) is 2.48. The van der Waals surface area contributed by atoms with Crippen molar-refractivity contribution >= 4 is 18.0 Å². The van der Waals surface area contributed by atoms with Crippen LogP contribution in [0.4, 0.5) is 13.2 Å². The maximum atomic E-state index is 13.3. The highest BCUT2D eigenvalue weighted by Crippen LogP contribution is 2.41. The third-order valence-electron chi connectivity index (χ3n) is 3.43. The van der Waals surface area contributed by atoms with Gasteiger partial charge in [-0.1, -0.05) is 49.9 Å². The molecule has 0 radical (unpaired) electrons. The van der Waals surface area contributed by atoms with Crippen molar-refractivity contribution in [1.29, 1.82) is 0 Å². The molecule has 2 aromatic rings. The Balaban J connectivity index is 2.46. The number of alkyl halides is 3. The first-order valence-electron chi connectivity index (χ1n) is 7.23. The summed E-state index contributed by atoms with van der Waals surface area (Å²) in [5.41, 5.74) is 0.692. The Morgan fingerprint density at radius 2 is 1.78 bits per heavy atom. The Bertz CT molecular complexity index is 693. The lowest BCUT2D eigenvalue weighted by atomic mass is 10.0. The monoisotopic (exact) mass is 338 g/mol. The summed E-state index contributed by atoms with van der Waals surface area (Å²) < 4.78 is 40.0. The molecule has 0 saturated carbocycles. The number of aldehydes is 1. The molecule has 23 heavy (non-hydrogen) atoms. The van der Waals surface area contributed by atoms with Crippen LogP contribution in [0.15, 0.2) is 52.3 Å². The van der Waals surface area contributed by atoms with E-state index >= 15 is 0 Å². The zero-order chi connectivity index (χ0) is 17.0. The van der Waals surface area contributed by atoms with Gasteiger partial charge >= 0.3 is 6.18 Å².